The van der Waals surface area contributed by atoms with Gasteiger partial charge >= 0.3 is 0 Å². The van der Waals surface area contributed by atoms with Crippen molar-refractivity contribution in [3.63, 3.8) is 0 Å². The van der Waals surface area contributed by atoms with Gasteiger partial charge in [-0.2, -0.15) is 0 Å². The summed E-state index contributed by atoms with van der Waals surface area (Å²) in [6.07, 6.45) is 3.52. The molecule has 2 heterocycles. The molecular weight excluding hydrogens is 417 g/mol. The number of nitrogens with zero attached hydrogens (tertiary/aromatic N) is 3. The molecule has 7 heteroatoms. The maximum atomic E-state index is 13.9. The summed E-state index contributed by atoms with van der Waals surface area (Å²) >= 11 is 6.42. The second-order valence-corrected chi connectivity index (χ2v) is 7.35. The molecule has 0 aliphatic rings. The molecule has 0 spiro atoms. The molecule has 4 aromatic rings. The number of halogens is 2. The van der Waals surface area contributed by atoms with Crippen LogP contribution in [-0.4, -0.2) is 16.0 Å². The molecule has 2 aromatic carbocycles. The fourth-order valence-corrected chi connectivity index (χ4v) is 3.57. The minimum atomic E-state index is -0.309. The summed E-state index contributed by atoms with van der Waals surface area (Å²) < 4.78 is 19.6. The Bertz CT molecular complexity index is 1240. The largest absolute Gasteiger partial charge is 0.337 e. The van der Waals surface area contributed by atoms with Gasteiger partial charge in [0, 0.05) is 24.4 Å². The highest BCUT2D eigenvalue weighted by Crippen LogP contribution is 2.43. The van der Waals surface area contributed by atoms with Crippen LogP contribution in [0.2, 0.25) is 5.02 Å². The van der Waals surface area contributed by atoms with Crippen LogP contribution in [0.5, 0.6) is 0 Å². The number of pyridine rings is 1. The van der Waals surface area contributed by atoms with E-state index in [1.54, 1.807) is 74.8 Å². The average molecular weight is 436 g/mol. The van der Waals surface area contributed by atoms with Crippen molar-refractivity contribution < 1.29 is 13.7 Å². The molecule has 0 bridgehead atoms. The molecule has 0 saturated heterocycles. The van der Waals surface area contributed by atoms with Gasteiger partial charge in [0.2, 0.25) is 11.8 Å². The summed E-state index contributed by atoms with van der Waals surface area (Å²) in [5.41, 5.74) is 3.48. The Kier molecular flexibility index (Phi) is 5.82. The van der Waals surface area contributed by atoms with Gasteiger partial charge in [-0.25, -0.2) is 9.29 Å². The molecule has 0 aliphatic carbocycles. The zero-order chi connectivity index (χ0) is 22.0. The molecule has 0 N–H and O–H groups in total. The number of rotatable bonds is 5. The summed E-state index contributed by atoms with van der Waals surface area (Å²) in [6, 6.07) is 15.4. The average Bonchev–Trinajstić information content (AvgIpc) is 3.22. The lowest BCUT2D eigenvalue weighted by Crippen LogP contribution is -2.25. The molecule has 0 unspecified atom stereocenters. The van der Waals surface area contributed by atoms with Crippen LogP contribution in [0, 0.1) is 12.7 Å². The molecule has 0 atom stereocenters. The molecule has 4 rings (SSSR count). The summed E-state index contributed by atoms with van der Waals surface area (Å²) in [5.74, 6) is -0.277. The maximum Gasteiger partial charge on any atom is 0.247 e. The van der Waals surface area contributed by atoms with Crippen LogP contribution in [0.15, 0.2) is 71.5 Å². The highest BCUT2D eigenvalue weighted by Gasteiger charge is 2.29. The van der Waals surface area contributed by atoms with Crippen molar-refractivity contribution in [3.8, 4) is 22.4 Å². The van der Waals surface area contributed by atoms with Crippen molar-refractivity contribution in [2.24, 2.45) is 0 Å². The van der Waals surface area contributed by atoms with Gasteiger partial charge in [0.1, 0.15) is 11.5 Å². The predicted molar refractivity (Wildman–Crippen MR) is 119 cm³/mol. The number of hydrogen-bond acceptors (Lipinski definition) is 4. The van der Waals surface area contributed by atoms with E-state index in [-0.39, 0.29) is 24.0 Å². The Balaban J connectivity index is 1.99. The lowest BCUT2D eigenvalue weighted by Gasteiger charge is -2.21. The molecule has 0 aliphatic heterocycles. The minimum Gasteiger partial charge on any atom is -0.337 e. The van der Waals surface area contributed by atoms with Gasteiger partial charge in [0.15, 0.2) is 0 Å². The van der Waals surface area contributed by atoms with Crippen LogP contribution in [0.3, 0.4) is 0 Å². The normalized spacial score (nSPS) is 10.8. The molecule has 1 amide bonds. The van der Waals surface area contributed by atoms with E-state index in [1.165, 1.54) is 11.0 Å². The van der Waals surface area contributed by atoms with Gasteiger partial charge in [-0.15, -0.1) is 0 Å². The first-order chi connectivity index (χ1) is 15.0. The van der Waals surface area contributed by atoms with Crippen molar-refractivity contribution in [2.45, 2.75) is 20.3 Å². The number of carbonyl (C=O) groups excluding carboxylic acids is 1. The van der Waals surface area contributed by atoms with Crippen molar-refractivity contribution in [1.29, 1.82) is 0 Å². The number of aromatic nitrogens is 2. The fourth-order valence-electron chi connectivity index (χ4n) is 3.35. The highest BCUT2D eigenvalue weighted by molar-refractivity contribution is 6.34. The topological polar surface area (TPSA) is 59.2 Å². The number of benzene rings is 2. The Hall–Kier alpha value is -3.51. The fraction of sp³-hybridized carbons (Fsp3) is 0.125. The number of amides is 1. The summed E-state index contributed by atoms with van der Waals surface area (Å²) in [5, 5.41) is 4.67. The third-order valence-electron chi connectivity index (χ3n) is 4.92. The first kappa shape index (κ1) is 20.8. The molecule has 156 valence electrons. The quantitative estimate of drug-likeness (QED) is 0.355. The number of aryl methyl sites for hydroxylation is 1. The third kappa shape index (κ3) is 3.94. The SMILES string of the molecule is CCC(=O)N(c1ccccc1Cl)c1onc(-c2ccc(F)c(C)c2)c1-c1ccncc1. The van der Waals surface area contributed by atoms with Gasteiger partial charge in [-0.1, -0.05) is 35.8 Å². The summed E-state index contributed by atoms with van der Waals surface area (Å²) in [6.45, 7) is 3.45. The molecular formula is C24H19ClFN3O2. The van der Waals surface area contributed by atoms with Crippen molar-refractivity contribution in [3.05, 3.63) is 83.4 Å². The lowest BCUT2D eigenvalue weighted by atomic mass is 10.00. The zero-order valence-electron chi connectivity index (χ0n) is 17.0. The Morgan fingerprint density at radius 2 is 1.84 bits per heavy atom. The third-order valence-corrected chi connectivity index (χ3v) is 5.24. The smallest absolute Gasteiger partial charge is 0.247 e. The first-order valence-electron chi connectivity index (χ1n) is 9.75. The van der Waals surface area contributed by atoms with Gasteiger partial charge < -0.3 is 4.52 Å². The second-order valence-electron chi connectivity index (χ2n) is 6.95. The maximum absolute atomic E-state index is 13.9. The monoisotopic (exact) mass is 435 g/mol. The molecule has 0 radical (unpaired) electrons. The zero-order valence-corrected chi connectivity index (χ0v) is 17.7. The molecule has 0 saturated carbocycles. The van der Waals surface area contributed by atoms with E-state index in [0.29, 0.717) is 33.1 Å². The van der Waals surface area contributed by atoms with Gasteiger partial charge in [0.05, 0.1) is 16.3 Å². The van der Waals surface area contributed by atoms with E-state index >= 15 is 0 Å². The molecule has 2 aromatic heterocycles. The first-order valence-corrected chi connectivity index (χ1v) is 10.1. The number of para-hydroxylation sites is 1. The van der Waals surface area contributed by atoms with E-state index in [1.807, 2.05) is 0 Å². The van der Waals surface area contributed by atoms with Gasteiger partial charge in [-0.3, -0.25) is 9.78 Å². The summed E-state index contributed by atoms with van der Waals surface area (Å²) in [4.78, 5) is 18.5. The number of hydrogen-bond donors (Lipinski definition) is 0. The predicted octanol–water partition coefficient (Wildman–Crippen LogP) is 6.58. The Morgan fingerprint density at radius 3 is 2.52 bits per heavy atom. The van der Waals surface area contributed by atoms with Crippen molar-refractivity contribution >= 4 is 29.1 Å². The van der Waals surface area contributed by atoms with E-state index in [0.717, 1.165) is 5.56 Å². The standard InChI is InChI=1S/C24H19ClFN3O2/c1-3-21(30)29(20-7-5-4-6-18(20)25)24-22(16-10-12-27-13-11-16)23(28-31-24)17-8-9-19(26)15(2)14-17/h4-14H,3H2,1-2H3. The van der Waals surface area contributed by atoms with E-state index in [2.05, 4.69) is 10.1 Å². The van der Waals surface area contributed by atoms with E-state index in [4.69, 9.17) is 16.1 Å². The van der Waals surface area contributed by atoms with Gasteiger partial charge in [-0.05, 0) is 60.5 Å². The van der Waals surface area contributed by atoms with Crippen LogP contribution in [0.25, 0.3) is 22.4 Å². The van der Waals surface area contributed by atoms with Crippen LogP contribution < -0.4 is 4.90 Å². The second kappa shape index (κ2) is 8.70. The summed E-state index contributed by atoms with van der Waals surface area (Å²) in [7, 11) is 0. The molecule has 0 fully saturated rings. The van der Waals surface area contributed by atoms with Crippen LogP contribution in [0.4, 0.5) is 16.0 Å². The van der Waals surface area contributed by atoms with E-state index in [9.17, 15) is 9.18 Å². The lowest BCUT2D eigenvalue weighted by molar-refractivity contribution is -0.117. The van der Waals surface area contributed by atoms with Crippen LogP contribution >= 0.6 is 11.6 Å². The van der Waals surface area contributed by atoms with Crippen molar-refractivity contribution in [2.75, 3.05) is 4.90 Å². The minimum absolute atomic E-state index is 0.207. The Labute approximate surface area is 184 Å². The molecule has 31 heavy (non-hydrogen) atoms. The van der Waals surface area contributed by atoms with E-state index < -0.39 is 0 Å². The highest BCUT2D eigenvalue weighted by atomic mass is 35.5. The molecule has 5 nitrogen and oxygen atoms in total. The number of carbonyl (C=O) groups is 1. The van der Waals surface area contributed by atoms with Crippen molar-refractivity contribution in [1.82, 2.24) is 10.1 Å². The number of anilines is 2. The van der Waals surface area contributed by atoms with Crippen LogP contribution in [0.1, 0.15) is 18.9 Å². The Morgan fingerprint density at radius 1 is 1.10 bits per heavy atom. The van der Waals surface area contributed by atoms with Gasteiger partial charge in [0.25, 0.3) is 0 Å². The van der Waals surface area contributed by atoms with Crippen LogP contribution in [-0.2, 0) is 4.79 Å².